The van der Waals surface area contributed by atoms with E-state index in [2.05, 4.69) is 0 Å². The Morgan fingerprint density at radius 2 is 1.84 bits per heavy atom. The number of fused-ring (bicyclic) bond motifs is 1. The van der Waals surface area contributed by atoms with Gasteiger partial charge in [0.05, 0.1) is 29.8 Å². The summed E-state index contributed by atoms with van der Waals surface area (Å²) in [6.07, 6.45) is 0.476. The van der Waals surface area contributed by atoms with Gasteiger partial charge in [-0.25, -0.2) is 13.2 Å². The summed E-state index contributed by atoms with van der Waals surface area (Å²) in [7, 11) is -3.94. The molecule has 0 aromatic heterocycles. The molecule has 38 heavy (non-hydrogen) atoms. The standard InChI is InChI=1S/C27H37N3O7S/c1-17(2)15-29(38(34,35)21-9-7-20(28)8-10-21)23-11-6-19(14-25(23)31)5-4-18(3)30(27(32)33)24-16-37-26-22(24)12-13-36-26/h6-11,14,17-18,22,24,26,31H,4-5,12-13,15-16,28H2,1-3H3,(H,32,33)/t18-,22-,24-,26+/m0/s1. The summed E-state index contributed by atoms with van der Waals surface area (Å²) in [6.45, 7) is 6.75. The summed E-state index contributed by atoms with van der Waals surface area (Å²) in [5.41, 5.74) is 7.15. The number of amides is 1. The van der Waals surface area contributed by atoms with Crippen LogP contribution in [-0.2, 0) is 25.9 Å². The van der Waals surface area contributed by atoms with E-state index in [4.69, 9.17) is 15.2 Å². The summed E-state index contributed by atoms with van der Waals surface area (Å²) in [6, 6.07) is 10.4. The van der Waals surface area contributed by atoms with E-state index in [1.165, 1.54) is 33.5 Å². The number of nitrogen functional groups attached to an aromatic ring is 1. The van der Waals surface area contributed by atoms with Gasteiger partial charge in [-0.3, -0.25) is 9.21 Å². The maximum Gasteiger partial charge on any atom is 0.407 e. The second-order valence-corrected chi connectivity index (χ2v) is 12.4. The first-order valence-electron chi connectivity index (χ1n) is 12.9. The molecule has 2 aromatic carbocycles. The first kappa shape index (κ1) is 28.0. The summed E-state index contributed by atoms with van der Waals surface area (Å²) < 4.78 is 39.4. The molecule has 4 atom stereocenters. The van der Waals surface area contributed by atoms with Crippen molar-refractivity contribution in [2.45, 2.75) is 63.3 Å². The Morgan fingerprint density at radius 3 is 2.47 bits per heavy atom. The lowest BCUT2D eigenvalue weighted by molar-refractivity contribution is -0.0906. The van der Waals surface area contributed by atoms with Crippen LogP contribution in [0.1, 0.15) is 39.2 Å². The van der Waals surface area contributed by atoms with Crippen LogP contribution in [0.2, 0.25) is 0 Å². The van der Waals surface area contributed by atoms with E-state index in [1.807, 2.05) is 20.8 Å². The molecular formula is C27H37N3O7S. The largest absolute Gasteiger partial charge is 0.506 e. The second kappa shape index (κ2) is 11.4. The lowest BCUT2D eigenvalue weighted by Gasteiger charge is -2.34. The van der Waals surface area contributed by atoms with Gasteiger partial charge >= 0.3 is 6.09 Å². The highest BCUT2D eigenvalue weighted by molar-refractivity contribution is 7.92. The molecule has 208 valence electrons. The van der Waals surface area contributed by atoms with E-state index in [0.717, 1.165) is 12.0 Å². The molecule has 0 spiro atoms. The lowest BCUT2D eigenvalue weighted by Crippen LogP contribution is -2.49. The number of aryl methyl sites for hydroxylation is 1. The maximum atomic E-state index is 13.5. The monoisotopic (exact) mass is 547 g/mol. The van der Waals surface area contributed by atoms with Crippen molar-refractivity contribution in [1.82, 2.24) is 4.90 Å². The maximum absolute atomic E-state index is 13.5. The second-order valence-electron chi connectivity index (χ2n) is 10.5. The van der Waals surface area contributed by atoms with Crippen molar-refractivity contribution in [2.24, 2.45) is 11.8 Å². The Labute approximate surface area is 224 Å². The van der Waals surface area contributed by atoms with E-state index >= 15 is 0 Å². The summed E-state index contributed by atoms with van der Waals surface area (Å²) in [5, 5.41) is 20.8. The Balaban J connectivity index is 1.50. The minimum atomic E-state index is -3.94. The van der Waals surface area contributed by atoms with Crippen molar-refractivity contribution in [2.75, 3.05) is 29.8 Å². The first-order chi connectivity index (χ1) is 18.0. The topological polar surface area (TPSA) is 143 Å². The van der Waals surface area contributed by atoms with Crippen LogP contribution in [-0.4, -0.2) is 67.8 Å². The summed E-state index contributed by atoms with van der Waals surface area (Å²) >= 11 is 0. The number of carbonyl (C=O) groups is 1. The smallest absolute Gasteiger partial charge is 0.407 e. The molecule has 11 heteroatoms. The molecule has 2 aliphatic rings. The number of hydrogen-bond acceptors (Lipinski definition) is 7. The molecule has 2 aromatic rings. The number of ether oxygens (including phenoxy) is 2. The fourth-order valence-electron chi connectivity index (χ4n) is 5.26. The minimum Gasteiger partial charge on any atom is -0.506 e. The zero-order chi connectivity index (χ0) is 27.6. The fraction of sp³-hybridized carbons (Fsp3) is 0.519. The van der Waals surface area contributed by atoms with Crippen molar-refractivity contribution < 1.29 is 32.9 Å². The van der Waals surface area contributed by atoms with Gasteiger partial charge in [0.2, 0.25) is 0 Å². The zero-order valence-electron chi connectivity index (χ0n) is 22.0. The number of hydrogen-bond donors (Lipinski definition) is 3. The van der Waals surface area contributed by atoms with Gasteiger partial charge in [-0.2, -0.15) is 0 Å². The SMILES string of the molecule is CC(C)CN(c1ccc(CC[C@H](C)N(C(=O)O)[C@H]2CO[C@H]3OCC[C@H]32)cc1O)S(=O)(=O)c1ccc(N)cc1. The Bertz CT molecular complexity index is 1240. The Hall–Kier alpha value is -3.02. The highest BCUT2D eigenvalue weighted by Crippen LogP contribution is 2.36. The number of rotatable bonds is 10. The quantitative estimate of drug-likeness (QED) is 0.380. The molecule has 4 N–H and O–H groups in total. The molecule has 0 radical (unpaired) electrons. The highest BCUT2D eigenvalue weighted by Gasteiger charge is 2.46. The predicted octanol–water partition coefficient (Wildman–Crippen LogP) is 3.89. The lowest BCUT2D eigenvalue weighted by atomic mass is 9.96. The number of anilines is 2. The van der Waals surface area contributed by atoms with E-state index in [0.29, 0.717) is 31.7 Å². The van der Waals surface area contributed by atoms with Crippen LogP contribution in [0.25, 0.3) is 0 Å². The van der Waals surface area contributed by atoms with Gasteiger partial charge in [-0.15, -0.1) is 0 Å². The van der Waals surface area contributed by atoms with Gasteiger partial charge < -0.3 is 25.4 Å². The molecular weight excluding hydrogens is 510 g/mol. The molecule has 2 fully saturated rings. The van der Waals surface area contributed by atoms with E-state index in [-0.39, 0.29) is 53.1 Å². The molecule has 1 amide bonds. The number of phenolic OH excluding ortho intramolecular Hbond substituents is 1. The van der Waals surface area contributed by atoms with E-state index < -0.39 is 16.1 Å². The normalized spacial score (nSPS) is 21.8. The van der Waals surface area contributed by atoms with Crippen LogP contribution in [0.4, 0.5) is 16.2 Å². The fourth-order valence-corrected chi connectivity index (χ4v) is 6.90. The summed E-state index contributed by atoms with van der Waals surface area (Å²) in [5.74, 6) is -0.114. The highest BCUT2D eigenvalue weighted by atomic mass is 32.2. The molecule has 0 bridgehead atoms. The number of phenols is 1. The number of sulfonamides is 1. The van der Waals surface area contributed by atoms with Crippen LogP contribution in [0.3, 0.4) is 0 Å². The molecule has 2 saturated heterocycles. The number of carboxylic acid groups (broad SMARTS) is 1. The third-order valence-electron chi connectivity index (χ3n) is 7.22. The van der Waals surface area contributed by atoms with Gasteiger partial charge in [0.15, 0.2) is 6.29 Å². The molecule has 4 rings (SSSR count). The van der Waals surface area contributed by atoms with Crippen LogP contribution in [0, 0.1) is 11.8 Å². The average Bonchev–Trinajstić information content (AvgIpc) is 3.47. The third kappa shape index (κ3) is 5.84. The van der Waals surface area contributed by atoms with E-state index in [9.17, 15) is 23.4 Å². The molecule has 0 saturated carbocycles. The summed E-state index contributed by atoms with van der Waals surface area (Å²) in [4.78, 5) is 13.7. The molecule has 0 aliphatic carbocycles. The number of aromatic hydroxyl groups is 1. The molecule has 0 unspecified atom stereocenters. The van der Waals surface area contributed by atoms with Gasteiger partial charge in [0.1, 0.15) is 5.75 Å². The van der Waals surface area contributed by atoms with Gasteiger partial charge in [0, 0.05) is 24.2 Å². The third-order valence-corrected chi connectivity index (χ3v) is 9.01. The molecule has 10 nitrogen and oxygen atoms in total. The van der Waals surface area contributed by atoms with Crippen LogP contribution < -0.4 is 10.0 Å². The van der Waals surface area contributed by atoms with Crippen molar-refractivity contribution in [1.29, 1.82) is 0 Å². The minimum absolute atomic E-state index is 0.00455. The van der Waals surface area contributed by atoms with Crippen molar-refractivity contribution in [3.63, 3.8) is 0 Å². The molecule has 2 aliphatic heterocycles. The predicted molar refractivity (Wildman–Crippen MR) is 144 cm³/mol. The first-order valence-corrected chi connectivity index (χ1v) is 14.4. The zero-order valence-corrected chi connectivity index (χ0v) is 22.8. The van der Waals surface area contributed by atoms with Gasteiger partial charge in [-0.05, 0) is 74.1 Å². The van der Waals surface area contributed by atoms with E-state index in [1.54, 1.807) is 18.2 Å². The van der Waals surface area contributed by atoms with Crippen LogP contribution in [0.5, 0.6) is 5.75 Å². The van der Waals surface area contributed by atoms with Crippen molar-refractivity contribution >= 4 is 27.5 Å². The molecule has 2 heterocycles. The Kier molecular flexibility index (Phi) is 8.39. The van der Waals surface area contributed by atoms with Crippen molar-refractivity contribution in [3.8, 4) is 5.75 Å². The van der Waals surface area contributed by atoms with Crippen molar-refractivity contribution in [3.05, 3.63) is 48.0 Å². The van der Waals surface area contributed by atoms with Crippen LogP contribution >= 0.6 is 0 Å². The number of benzene rings is 2. The van der Waals surface area contributed by atoms with Gasteiger partial charge in [0.25, 0.3) is 10.0 Å². The number of nitrogens with zero attached hydrogens (tertiary/aromatic N) is 2. The number of nitrogens with two attached hydrogens (primary N) is 1. The Morgan fingerprint density at radius 1 is 1.13 bits per heavy atom. The average molecular weight is 548 g/mol. The van der Waals surface area contributed by atoms with Crippen LogP contribution in [0.15, 0.2) is 47.4 Å². The van der Waals surface area contributed by atoms with Gasteiger partial charge in [-0.1, -0.05) is 19.9 Å².